The number of rotatable bonds is 5. The van der Waals surface area contributed by atoms with Crippen LogP contribution < -0.4 is 0 Å². The van der Waals surface area contributed by atoms with Gasteiger partial charge in [-0.1, -0.05) is 39.0 Å². The molecule has 1 saturated carbocycles. The molecule has 15 heavy (non-hydrogen) atoms. The Hall–Kier alpha value is -0.370. The van der Waals surface area contributed by atoms with Crippen LogP contribution in [0.5, 0.6) is 0 Å². The van der Waals surface area contributed by atoms with Crippen molar-refractivity contribution in [2.24, 2.45) is 5.92 Å². The predicted molar refractivity (Wildman–Crippen MR) is 61.9 cm³/mol. The van der Waals surface area contributed by atoms with Crippen molar-refractivity contribution in [1.82, 2.24) is 0 Å². The lowest BCUT2D eigenvalue weighted by molar-refractivity contribution is -0.133. The fourth-order valence-corrected chi connectivity index (χ4v) is 2.47. The summed E-state index contributed by atoms with van der Waals surface area (Å²) >= 11 is 0. The second-order valence-corrected chi connectivity index (χ2v) is 4.60. The monoisotopic (exact) mass is 212 g/mol. The molecule has 2 nitrogen and oxygen atoms in total. The highest BCUT2D eigenvalue weighted by atomic mass is 16.5. The quantitative estimate of drug-likeness (QED) is 0.653. The highest BCUT2D eigenvalue weighted by Crippen LogP contribution is 2.25. The molecule has 1 unspecified atom stereocenters. The molecular formula is C13H24O2. The van der Waals surface area contributed by atoms with E-state index in [1.165, 1.54) is 25.7 Å². The van der Waals surface area contributed by atoms with E-state index >= 15 is 0 Å². The van der Waals surface area contributed by atoms with Crippen LogP contribution in [0.25, 0.3) is 0 Å². The van der Waals surface area contributed by atoms with E-state index in [0.29, 0.717) is 5.78 Å². The van der Waals surface area contributed by atoms with Gasteiger partial charge in [0.1, 0.15) is 6.10 Å². The van der Waals surface area contributed by atoms with Crippen LogP contribution in [-0.2, 0) is 9.53 Å². The van der Waals surface area contributed by atoms with Crippen molar-refractivity contribution in [2.75, 3.05) is 7.11 Å². The van der Waals surface area contributed by atoms with E-state index in [4.69, 9.17) is 4.74 Å². The lowest BCUT2D eigenvalue weighted by Crippen LogP contribution is -2.29. The second-order valence-electron chi connectivity index (χ2n) is 4.60. The molecule has 1 atom stereocenters. The largest absolute Gasteiger partial charge is 0.374 e. The van der Waals surface area contributed by atoms with E-state index in [9.17, 15) is 4.79 Å². The Morgan fingerprint density at radius 1 is 1.27 bits per heavy atom. The maximum atomic E-state index is 12.1. The summed E-state index contributed by atoms with van der Waals surface area (Å²) in [5.41, 5.74) is 0. The molecule has 88 valence electrons. The standard InChI is InChI=1S/C13H24O2/c1-3-8-12(15-2)13(14)11-9-6-4-5-7-10-11/h11-12H,3-10H2,1-2H3. The zero-order valence-corrected chi connectivity index (χ0v) is 10.1. The Kier molecular flexibility index (Phi) is 5.92. The van der Waals surface area contributed by atoms with Gasteiger partial charge in [0.05, 0.1) is 0 Å². The smallest absolute Gasteiger partial charge is 0.164 e. The molecule has 1 fully saturated rings. The third kappa shape index (κ3) is 3.94. The van der Waals surface area contributed by atoms with E-state index in [2.05, 4.69) is 6.92 Å². The summed E-state index contributed by atoms with van der Waals surface area (Å²) in [4.78, 5) is 12.1. The molecule has 0 aliphatic heterocycles. The molecule has 2 heteroatoms. The first-order chi connectivity index (χ1) is 7.29. The molecule has 1 aliphatic carbocycles. The first kappa shape index (κ1) is 12.7. The Morgan fingerprint density at radius 3 is 2.33 bits per heavy atom. The van der Waals surface area contributed by atoms with Crippen molar-refractivity contribution in [3.05, 3.63) is 0 Å². The van der Waals surface area contributed by atoms with E-state index in [1.54, 1.807) is 7.11 Å². The van der Waals surface area contributed by atoms with E-state index in [1.807, 2.05) is 0 Å². The van der Waals surface area contributed by atoms with Crippen LogP contribution in [-0.4, -0.2) is 19.0 Å². The Labute approximate surface area is 93.4 Å². The summed E-state index contributed by atoms with van der Waals surface area (Å²) in [5, 5.41) is 0. The first-order valence-corrected chi connectivity index (χ1v) is 6.36. The summed E-state index contributed by atoms with van der Waals surface area (Å²) in [6.07, 6.45) is 8.98. The third-order valence-corrected chi connectivity index (χ3v) is 3.41. The van der Waals surface area contributed by atoms with Gasteiger partial charge in [-0.2, -0.15) is 0 Å². The third-order valence-electron chi connectivity index (χ3n) is 3.41. The summed E-state index contributed by atoms with van der Waals surface area (Å²) in [6, 6.07) is 0. The molecule has 0 radical (unpaired) electrons. The van der Waals surface area contributed by atoms with Crippen LogP contribution in [0.15, 0.2) is 0 Å². The molecule has 0 saturated heterocycles. The molecular weight excluding hydrogens is 188 g/mol. The minimum Gasteiger partial charge on any atom is -0.374 e. The minimum absolute atomic E-state index is 0.141. The van der Waals surface area contributed by atoms with Gasteiger partial charge in [-0.15, -0.1) is 0 Å². The molecule has 0 N–H and O–H groups in total. The van der Waals surface area contributed by atoms with Gasteiger partial charge in [-0.25, -0.2) is 0 Å². The Bertz CT molecular complexity index is 181. The van der Waals surface area contributed by atoms with Gasteiger partial charge in [-0.3, -0.25) is 4.79 Å². The summed E-state index contributed by atoms with van der Waals surface area (Å²) in [5.74, 6) is 0.644. The van der Waals surface area contributed by atoms with E-state index in [-0.39, 0.29) is 12.0 Å². The second kappa shape index (κ2) is 7.00. The fraction of sp³-hybridized carbons (Fsp3) is 0.923. The summed E-state index contributed by atoms with van der Waals surface area (Å²) in [6.45, 7) is 2.10. The minimum atomic E-state index is -0.141. The van der Waals surface area contributed by atoms with Crippen molar-refractivity contribution in [2.45, 2.75) is 64.4 Å². The highest BCUT2D eigenvalue weighted by Gasteiger charge is 2.26. The lowest BCUT2D eigenvalue weighted by Gasteiger charge is -2.19. The SMILES string of the molecule is CCCC(OC)C(=O)C1CCCCCC1. The van der Waals surface area contributed by atoms with Gasteiger partial charge in [-0.05, 0) is 19.3 Å². The highest BCUT2D eigenvalue weighted by molar-refractivity contribution is 5.85. The molecule has 0 aromatic rings. The molecule has 0 aromatic carbocycles. The van der Waals surface area contributed by atoms with Crippen LogP contribution in [0.3, 0.4) is 0 Å². The lowest BCUT2D eigenvalue weighted by atomic mass is 9.91. The number of Topliss-reactive ketones (excluding diaryl/α,β-unsaturated/α-hetero) is 1. The van der Waals surface area contributed by atoms with E-state index in [0.717, 1.165) is 25.7 Å². The molecule has 0 amide bonds. The van der Waals surface area contributed by atoms with Crippen LogP contribution in [0.1, 0.15) is 58.3 Å². The molecule has 1 rings (SSSR count). The van der Waals surface area contributed by atoms with Gasteiger partial charge < -0.3 is 4.74 Å². The van der Waals surface area contributed by atoms with Gasteiger partial charge in [0.25, 0.3) is 0 Å². The Balaban J connectivity index is 2.47. The average Bonchev–Trinajstić information content (AvgIpc) is 2.53. The number of hydrogen-bond donors (Lipinski definition) is 0. The number of carbonyl (C=O) groups excluding carboxylic acids is 1. The Morgan fingerprint density at radius 2 is 1.87 bits per heavy atom. The number of ether oxygens (including phenoxy) is 1. The predicted octanol–water partition coefficient (Wildman–Crippen LogP) is 3.34. The van der Waals surface area contributed by atoms with Crippen molar-refractivity contribution in [3.8, 4) is 0 Å². The van der Waals surface area contributed by atoms with Gasteiger partial charge in [0.15, 0.2) is 5.78 Å². The number of ketones is 1. The molecule has 0 bridgehead atoms. The zero-order valence-electron chi connectivity index (χ0n) is 10.1. The number of methoxy groups -OCH3 is 1. The zero-order chi connectivity index (χ0) is 11.1. The van der Waals surface area contributed by atoms with Crippen LogP contribution in [0.4, 0.5) is 0 Å². The molecule has 1 aliphatic rings. The van der Waals surface area contributed by atoms with Crippen LogP contribution in [0.2, 0.25) is 0 Å². The molecule has 0 spiro atoms. The van der Waals surface area contributed by atoms with E-state index < -0.39 is 0 Å². The van der Waals surface area contributed by atoms with Gasteiger partial charge in [0.2, 0.25) is 0 Å². The average molecular weight is 212 g/mol. The normalized spacial score (nSPS) is 20.9. The van der Waals surface area contributed by atoms with Crippen molar-refractivity contribution < 1.29 is 9.53 Å². The summed E-state index contributed by atoms with van der Waals surface area (Å²) in [7, 11) is 1.66. The van der Waals surface area contributed by atoms with Crippen LogP contribution >= 0.6 is 0 Å². The van der Waals surface area contributed by atoms with Crippen molar-refractivity contribution >= 4 is 5.78 Å². The maximum absolute atomic E-state index is 12.1. The van der Waals surface area contributed by atoms with Gasteiger partial charge >= 0.3 is 0 Å². The fourth-order valence-electron chi connectivity index (χ4n) is 2.47. The van der Waals surface area contributed by atoms with Crippen molar-refractivity contribution in [3.63, 3.8) is 0 Å². The van der Waals surface area contributed by atoms with Crippen LogP contribution in [0, 0.1) is 5.92 Å². The van der Waals surface area contributed by atoms with Crippen molar-refractivity contribution in [1.29, 1.82) is 0 Å². The van der Waals surface area contributed by atoms with Gasteiger partial charge in [0, 0.05) is 13.0 Å². The number of hydrogen-bond acceptors (Lipinski definition) is 2. The topological polar surface area (TPSA) is 26.3 Å². The first-order valence-electron chi connectivity index (χ1n) is 6.36. The number of carbonyl (C=O) groups is 1. The summed E-state index contributed by atoms with van der Waals surface area (Å²) < 4.78 is 5.30. The maximum Gasteiger partial charge on any atom is 0.164 e. The molecule has 0 aromatic heterocycles. The molecule has 0 heterocycles.